The Kier molecular flexibility index (Phi) is 4.06. The minimum absolute atomic E-state index is 0.0151. The molecule has 0 bridgehead atoms. The van der Waals surface area contributed by atoms with Crippen LogP contribution >= 0.6 is 11.3 Å². The molecule has 1 N–H and O–H groups in total. The first kappa shape index (κ1) is 14.1. The monoisotopic (exact) mass is 287 g/mol. The van der Waals surface area contributed by atoms with Crippen LogP contribution in [0.3, 0.4) is 0 Å². The minimum Gasteiger partial charge on any atom is -0.480 e. The lowest BCUT2D eigenvalue weighted by Gasteiger charge is -2.17. The SMILES string of the molecule is C#CCN(CC(=O)O)C(=O)c1sc2ccccc2c1C. The van der Waals surface area contributed by atoms with Crippen LogP contribution in [0.1, 0.15) is 15.2 Å². The number of thiophene rings is 1. The fourth-order valence-electron chi connectivity index (χ4n) is 1.99. The number of nitrogens with zero attached hydrogens (tertiary/aromatic N) is 1. The summed E-state index contributed by atoms with van der Waals surface area (Å²) in [5, 5.41) is 9.87. The van der Waals surface area contributed by atoms with E-state index in [1.165, 1.54) is 16.2 Å². The van der Waals surface area contributed by atoms with Gasteiger partial charge in [-0.2, -0.15) is 0 Å². The summed E-state index contributed by atoms with van der Waals surface area (Å²) in [6.45, 7) is 1.45. The zero-order valence-electron chi connectivity index (χ0n) is 10.9. The number of carbonyl (C=O) groups is 2. The van der Waals surface area contributed by atoms with Crippen molar-refractivity contribution in [1.29, 1.82) is 0 Å². The lowest BCUT2D eigenvalue weighted by molar-refractivity contribution is -0.137. The van der Waals surface area contributed by atoms with E-state index in [4.69, 9.17) is 11.5 Å². The summed E-state index contributed by atoms with van der Waals surface area (Å²) >= 11 is 1.36. The van der Waals surface area contributed by atoms with E-state index < -0.39 is 12.5 Å². The highest BCUT2D eigenvalue weighted by molar-refractivity contribution is 7.21. The molecule has 0 saturated heterocycles. The molecule has 1 amide bonds. The van der Waals surface area contributed by atoms with Crippen molar-refractivity contribution < 1.29 is 14.7 Å². The number of carboxylic acids is 1. The number of amides is 1. The molecule has 2 rings (SSSR count). The number of hydrogen-bond donors (Lipinski definition) is 1. The molecule has 0 saturated carbocycles. The van der Waals surface area contributed by atoms with E-state index in [1.807, 2.05) is 31.2 Å². The van der Waals surface area contributed by atoms with Crippen LogP contribution in [0, 0.1) is 19.3 Å². The molecule has 5 heteroatoms. The number of aliphatic carboxylic acids is 1. The van der Waals surface area contributed by atoms with Gasteiger partial charge in [0.25, 0.3) is 5.91 Å². The Morgan fingerprint density at radius 3 is 2.70 bits per heavy atom. The Labute approximate surface area is 120 Å². The molecule has 0 aliphatic carbocycles. The molecule has 0 atom stereocenters. The first-order chi connectivity index (χ1) is 9.54. The highest BCUT2D eigenvalue weighted by atomic mass is 32.1. The normalized spacial score (nSPS) is 10.2. The molecule has 0 aliphatic heterocycles. The van der Waals surface area contributed by atoms with Crippen LogP contribution in [-0.2, 0) is 4.79 Å². The molecular formula is C15H13NO3S. The van der Waals surface area contributed by atoms with Gasteiger partial charge in [-0.3, -0.25) is 9.59 Å². The highest BCUT2D eigenvalue weighted by Gasteiger charge is 2.22. The third-order valence-electron chi connectivity index (χ3n) is 2.93. The molecule has 102 valence electrons. The summed E-state index contributed by atoms with van der Waals surface area (Å²) in [5.74, 6) is 0.917. The average molecular weight is 287 g/mol. The molecular weight excluding hydrogens is 274 g/mol. The number of carbonyl (C=O) groups excluding carboxylic acids is 1. The third-order valence-corrected chi connectivity index (χ3v) is 4.19. The van der Waals surface area contributed by atoms with Gasteiger partial charge in [0.1, 0.15) is 6.54 Å². The Morgan fingerprint density at radius 1 is 1.40 bits per heavy atom. The molecule has 0 aliphatic rings. The van der Waals surface area contributed by atoms with Crippen LogP contribution in [0.2, 0.25) is 0 Å². The minimum atomic E-state index is -1.08. The predicted octanol–water partition coefficient (Wildman–Crippen LogP) is 2.37. The highest BCUT2D eigenvalue weighted by Crippen LogP contribution is 2.31. The number of rotatable bonds is 4. The van der Waals surface area contributed by atoms with Crippen molar-refractivity contribution in [3.05, 3.63) is 34.7 Å². The van der Waals surface area contributed by atoms with Gasteiger partial charge in [-0.1, -0.05) is 24.1 Å². The van der Waals surface area contributed by atoms with Crippen LogP contribution in [0.15, 0.2) is 24.3 Å². The number of carboxylic acid groups (broad SMARTS) is 1. The second-order valence-corrected chi connectivity index (χ2v) is 5.36. The molecule has 0 spiro atoms. The van der Waals surface area contributed by atoms with Crippen LogP contribution in [0.4, 0.5) is 0 Å². The fraction of sp³-hybridized carbons (Fsp3) is 0.200. The van der Waals surface area contributed by atoms with Crippen molar-refractivity contribution in [2.24, 2.45) is 0 Å². The zero-order valence-corrected chi connectivity index (χ0v) is 11.7. The smallest absolute Gasteiger partial charge is 0.323 e. The van der Waals surface area contributed by atoms with Crippen LogP contribution in [0.25, 0.3) is 10.1 Å². The summed E-state index contributed by atoms with van der Waals surface area (Å²) in [5.41, 5.74) is 0.864. The second-order valence-electron chi connectivity index (χ2n) is 4.31. The largest absolute Gasteiger partial charge is 0.480 e. The zero-order chi connectivity index (χ0) is 14.7. The van der Waals surface area contributed by atoms with E-state index in [-0.39, 0.29) is 12.5 Å². The van der Waals surface area contributed by atoms with E-state index in [0.717, 1.165) is 15.6 Å². The van der Waals surface area contributed by atoms with Gasteiger partial charge in [-0.15, -0.1) is 17.8 Å². The molecule has 20 heavy (non-hydrogen) atoms. The molecule has 1 heterocycles. The third kappa shape index (κ3) is 2.65. The van der Waals surface area contributed by atoms with Gasteiger partial charge in [0.05, 0.1) is 11.4 Å². The lowest BCUT2D eigenvalue weighted by Crippen LogP contribution is -2.35. The summed E-state index contributed by atoms with van der Waals surface area (Å²) in [4.78, 5) is 25.0. The van der Waals surface area contributed by atoms with Crippen LogP contribution in [0.5, 0.6) is 0 Å². The van der Waals surface area contributed by atoms with Crippen LogP contribution in [-0.4, -0.2) is 35.0 Å². The number of terminal acetylenes is 1. The van der Waals surface area contributed by atoms with E-state index >= 15 is 0 Å². The van der Waals surface area contributed by atoms with Crippen molar-refractivity contribution in [2.75, 3.05) is 13.1 Å². The van der Waals surface area contributed by atoms with Gasteiger partial charge < -0.3 is 10.0 Å². The molecule has 0 radical (unpaired) electrons. The molecule has 2 aromatic rings. The van der Waals surface area contributed by atoms with Gasteiger partial charge in [0.2, 0.25) is 0 Å². The predicted molar refractivity (Wildman–Crippen MR) is 78.9 cm³/mol. The van der Waals surface area contributed by atoms with Gasteiger partial charge in [-0.05, 0) is 23.9 Å². The topological polar surface area (TPSA) is 57.6 Å². The number of hydrogen-bond acceptors (Lipinski definition) is 3. The van der Waals surface area contributed by atoms with Crippen molar-refractivity contribution in [1.82, 2.24) is 4.90 Å². The number of benzene rings is 1. The molecule has 1 aromatic carbocycles. The fourth-order valence-corrected chi connectivity index (χ4v) is 3.17. The maximum absolute atomic E-state index is 12.4. The first-order valence-electron chi connectivity index (χ1n) is 5.97. The maximum atomic E-state index is 12.4. The van der Waals surface area contributed by atoms with Crippen molar-refractivity contribution in [3.63, 3.8) is 0 Å². The summed E-state index contributed by atoms with van der Waals surface area (Å²) in [6.07, 6.45) is 5.20. The Bertz CT molecular complexity index is 711. The molecule has 0 unspecified atom stereocenters. The second kappa shape index (κ2) is 5.76. The summed E-state index contributed by atoms with van der Waals surface area (Å²) in [7, 11) is 0. The van der Waals surface area contributed by atoms with Crippen LogP contribution < -0.4 is 0 Å². The number of fused-ring (bicyclic) bond motifs is 1. The Hall–Kier alpha value is -2.32. The van der Waals surface area contributed by atoms with E-state index in [9.17, 15) is 9.59 Å². The van der Waals surface area contributed by atoms with E-state index in [1.54, 1.807) is 0 Å². The van der Waals surface area contributed by atoms with Gasteiger partial charge in [-0.25, -0.2) is 0 Å². The lowest BCUT2D eigenvalue weighted by atomic mass is 10.1. The quantitative estimate of drug-likeness (QED) is 0.878. The van der Waals surface area contributed by atoms with Crippen molar-refractivity contribution in [2.45, 2.75) is 6.92 Å². The molecule has 1 aromatic heterocycles. The Balaban J connectivity index is 2.41. The van der Waals surface area contributed by atoms with Gasteiger partial charge >= 0.3 is 5.97 Å². The summed E-state index contributed by atoms with van der Waals surface area (Å²) in [6, 6.07) is 7.70. The van der Waals surface area contributed by atoms with Crippen molar-refractivity contribution in [3.8, 4) is 12.3 Å². The summed E-state index contributed by atoms with van der Waals surface area (Å²) < 4.78 is 1.00. The van der Waals surface area contributed by atoms with Gasteiger partial charge in [0, 0.05) is 4.70 Å². The standard InChI is InChI=1S/C15H13NO3S/c1-3-8-16(9-13(17)18)15(19)14-10(2)11-6-4-5-7-12(11)20-14/h1,4-7H,8-9H2,2H3,(H,17,18). The maximum Gasteiger partial charge on any atom is 0.323 e. The molecule has 0 fully saturated rings. The van der Waals surface area contributed by atoms with E-state index in [2.05, 4.69) is 5.92 Å². The molecule has 4 nitrogen and oxygen atoms in total. The average Bonchev–Trinajstić information content (AvgIpc) is 2.75. The number of aryl methyl sites for hydroxylation is 1. The Morgan fingerprint density at radius 2 is 2.10 bits per heavy atom. The van der Waals surface area contributed by atoms with E-state index in [0.29, 0.717) is 4.88 Å². The van der Waals surface area contributed by atoms with Gasteiger partial charge in [0.15, 0.2) is 0 Å². The van der Waals surface area contributed by atoms with Crippen molar-refractivity contribution >= 4 is 33.3 Å². The first-order valence-corrected chi connectivity index (χ1v) is 6.79.